The molecule has 0 radical (unpaired) electrons. The molecule has 1 fully saturated rings. The zero-order valence-corrected chi connectivity index (χ0v) is 20.5. The second kappa shape index (κ2) is 10.1. The molecular formula is C22H12Cl3F10NO2. The summed E-state index contributed by atoms with van der Waals surface area (Å²) in [7, 11) is 0. The minimum atomic E-state index is -5.92. The van der Waals surface area contributed by atoms with Gasteiger partial charge in [-0.2, -0.15) is 35.1 Å². The number of rotatable bonds is 7. The molecule has 0 bridgehead atoms. The van der Waals surface area contributed by atoms with Gasteiger partial charge in [0.15, 0.2) is 5.78 Å². The molecular weight excluding hydrogens is 607 g/mol. The molecule has 0 heterocycles. The Morgan fingerprint density at radius 2 is 1.53 bits per heavy atom. The quantitative estimate of drug-likeness (QED) is 0.193. The summed E-state index contributed by atoms with van der Waals surface area (Å²) in [5.74, 6) is -13.3. The van der Waals surface area contributed by atoms with E-state index in [0.717, 1.165) is 6.07 Å². The number of hydrogen-bond donors (Lipinski definition) is 1. The number of alkyl halides is 10. The first-order valence-corrected chi connectivity index (χ1v) is 11.3. The minimum absolute atomic E-state index is 0.262. The fraction of sp³-hybridized carbons (Fsp3) is 0.364. The lowest BCUT2D eigenvalue weighted by atomic mass is 10.0. The van der Waals surface area contributed by atoms with Crippen molar-refractivity contribution in [2.24, 2.45) is 5.92 Å². The molecule has 0 unspecified atom stereocenters. The second-order valence-corrected chi connectivity index (χ2v) is 10.1. The van der Waals surface area contributed by atoms with Crippen molar-refractivity contribution in [3.05, 3.63) is 63.7 Å². The molecule has 38 heavy (non-hydrogen) atoms. The van der Waals surface area contributed by atoms with E-state index in [2.05, 4.69) is 0 Å². The van der Waals surface area contributed by atoms with E-state index in [1.807, 2.05) is 5.32 Å². The van der Waals surface area contributed by atoms with Crippen LogP contribution in [0.1, 0.15) is 40.2 Å². The lowest BCUT2D eigenvalue weighted by Gasteiger charge is -2.19. The van der Waals surface area contributed by atoms with Gasteiger partial charge in [-0.05, 0) is 29.8 Å². The summed E-state index contributed by atoms with van der Waals surface area (Å²) in [6.45, 7) is 0. The number of hydrogen-bond acceptors (Lipinski definition) is 2. The summed E-state index contributed by atoms with van der Waals surface area (Å²) >= 11 is 17.8. The second-order valence-electron chi connectivity index (χ2n) is 8.29. The zero-order valence-electron chi connectivity index (χ0n) is 18.2. The highest BCUT2D eigenvalue weighted by atomic mass is 35.5. The van der Waals surface area contributed by atoms with E-state index in [0.29, 0.717) is 24.3 Å². The van der Waals surface area contributed by atoms with Crippen molar-refractivity contribution < 1.29 is 53.5 Å². The highest BCUT2D eigenvalue weighted by molar-refractivity contribution is 6.53. The van der Waals surface area contributed by atoms with Gasteiger partial charge in [-0.3, -0.25) is 9.59 Å². The van der Waals surface area contributed by atoms with E-state index >= 15 is 0 Å². The monoisotopic (exact) mass is 617 g/mol. The molecule has 1 aliphatic carbocycles. The number of Topliss-reactive ketones (excluding diaryl/α,β-unsaturated/α-hetero) is 1. The molecule has 0 aliphatic heterocycles. The lowest BCUT2D eigenvalue weighted by molar-refractivity contribution is -0.283. The first-order chi connectivity index (χ1) is 17.2. The Kier molecular flexibility index (Phi) is 8.01. The third-order valence-corrected chi connectivity index (χ3v) is 6.94. The van der Waals surface area contributed by atoms with E-state index in [-0.39, 0.29) is 5.56 Å². The maximum Gasteiger partial charge on any atom is 0.453 e. The van der Waals surface area contributed by atoms with Crippen molar-refractivity contribution in [2.75, 3.05) is 5.32 Å². The van der Waals surface area contributed by atoms with Crippen LogP contribution in [-0.4, -0.2) is 28.1 Å². The summed E-state index contributed by atoms with van der Waals surface area (Å²) in [5, 5.41) is 1.33. The van der Waals surface area contributed by atoms with E-state index in [9.17, 15) is 53.5 Å². The molecule has 1 aliphatic rings. The maximum atomic E-state index is 14.4. The molecule has 3 nitrogen and oxygen atoms in total. The van der Waals surface area contributed by atoms with Gasteiger partial charge in [-0.15, -0.1) is 23.2 Å². The number of carbonyl (C=O) groups excluding carboxylic acids is 2. The largest absolute Gasteiger partial charge is 0.453 e. The van der Waals surface area contributed by atoms with Crippen LogP contribution >= 0.6 is 34.8 Å². The van der Waals surface area contributed by atoms with Crippen LogP contribution in [0.15, 0.2) is 30.3 Å². The van der Waals surface area contributed by atoms with Gasteiger partial charge < -0.3 is 5.32 Å². The van der Waals surface area contributed by atoms with Crippen LogP contribution in [0.3, 0.4) is 0 Å². The fourth-order valence-electron chi connectivity index (χ4n) is 3.64. The maximum absolute atomic E-state index is 14.4. The van der Waals surface area contributed by atoms with Crippen molar-refractivity contribution in [1.29, 1.82) is 0 Å². The summed E-state index contributed by atoms with van der Waals surface area (Å²) in [6, 6.07) is 2.89. The number of anilines is 1. The van der Waals surface area contributed by atoms with Gasteiger partial charge in [0.25, 0.3) is 0 Å². The van der Waals surface area contributed by atoms with Crippen molar-refractivity contribution in [2.45, 2.75) is 41.4 Å². The van der Waals surface area contributed by atoms with Crippen LogP contribution in [0.5, 0.6) is 0 Å². The molecule has 16 heteroatoms. The Morgan fingerprint density at radius 1 is 0.921 bits per heavy atom. The highest BCUT2D eigenvalue weighted by Gasteiger charge is 2.68. The Labute approximate surface area is 222 Å². The van der Waals surface area contributed by atoms with Crippen LogP contribution in [0.2, 0.25) is 5.02 Å². The predicted molar refractivity (Wildman–Crippen MR) is 117 cm³/mol. The van der Waals surface area contributed by atoms with Crippen LogP contribution in [0.25, 0.3) is 0 Å². The molecule has 1 N–H and O–H groups in total. The number of benzene rings is 2. The molecule has 0 spiro atoms. The van der Waals surface area contributed by atoms with Gasteiger partial charge in [-0.1, -0.05) is 17.7 Å². The van der Waals surface area contributed by atoms with E-state index in [1.54, 1.807) is 0 Å². The van der Waals surface area contributed by atoms with Crippen molar-refractivity contribution in [1.82, 2.24) is 0 Å². The Morgan fingerprint density at radius 3 is 2.08 bits per heavy atom. The number of amides is 1. The number of halogens is 13. The summed E-state index contributed by atoms with van der Waals surface area (Å²) < 4.78 is 128. The molecule has 2 aromatic rings. The average molecular weight is 619 g/mol. The van der Waals surface area contributed by atoms with Crippen molar-refractivity contribution in [3.63, 3.8) is 0 Å². The van der Waals surface area contributed by atoms with Crippen LogP contribution < -0.4 is 5.32 Å². The number of carbonyl (C=O) groups is 2. The summed E-state index contributed by atoms with van der Waals surface area (Å²) in [5.41, 5.74) is -3.37. The topological polar surface area (TPSA) is 46.2 Å². The Hall–Kier alpha value is -2.25. The van der Waals surface area contributed by atoms with Crippen LogP contribution in [-0.2, 0) is 11.0 Å². The van der Waals surface area contributed by atoms with Gasteiger partial charge in [-0.25, -0.2) is 8.78 Å². The van der Waals surface area contributed by atoms with Gasteiger partial charge in [0.05, 0.1) is 22.2 Å². The molecule has 3 rings (SSSR count). The number of ketones is 1. The molecule has 2 atom stereocenters. The molecule has 2 aromatic carbocycles. The van der Waals surface area contributed by atoms with Gasteiger partial charge >= 0.3 is 18.3 Å². The highest BCUT2D eigenvalue weighted by Crippen LogP contribution is 2.65. The Balaban J connectivity index is 1.81. The standard InChI is InChI=1S/C22H12Cl3F10NO2/c23-11-7-13(27)14(6-9(11)15(37)3-4-19(28,29)22(33,34)35)36-18(38)17-16(20(17,24)25)8-1-2-12(26)10(5-8)21(30,31)32/h1-2,5-7,16-17H,3-4H2,(H,36,38)/t16-,17+/m0/s1. The Bertz CT molecular complexity index is 1280. The minimum Gasteiger partial charge on any atom is -0.323 e. The van der Waals surface area contributed by atoms with E-state index in [4.69, 9.17) is 34.8 Å². The van der Waals surface area contributed by atoms with Gasteiger partial charge in [0.1, 0.15) is 16.0 Å². The van der Waals surface area contributed by atoms with Crippen LogP contribution in [0, 0.1) is 17.6 Å². The molecule has 1 saturated carbocycles. The molecule has 1 amide bonds. The average Bonchev–Trinajstić information content (AvgIpc) is 3.34. The zero-order chi connectivity index (χ0) is 29.0. The molecule has 0 aromatic heterocycles. The van der Waals surface area contributed by atoms with Crippen LogP contribution in [0.4, 0.5) is 49.6 Å². The smallest absolute Gasteiger partial charge is 0.323 e. The first kappa shape index (κ1) is 30.3. The first-order valence-electron chi connectivity index (χ1n) is 10.2. The third kappa shape index (κ3) is 5.99. The van der Waals surface area contributed by atoms with E-state index < -0.39 is 92.4 Å². The van der Waals surface area contributed by atoms with Gasteiger partial charge in [0, 0.05) is 24.3 Å². The lowest BCUT2D eigenvalue weighted by Crippen LogP contribution is -2.36. The summed E-state index contributed by atoms with van der Waals surface area (Å²) in [4.78, 5) is 25.0. The normalized spacial score (nSPS) is 19.3. The SMILES string of the molecule is O=C(CCC(F)(F)C(F)(F)F)c1cc(NC(=O)[C@H]2[C@H](c3ccc(F)c(C(F)(F)F)c3)C2(Cl)Cl)c(F)cc1Cl. The fourth-order valence-corrected chi connectivity index (χ4v) is 4.72. The van der Waals surface area contributed by atoms with Gasteiger partial charge in [0.2, 0.25) is 5.91 Å². The number of nitrogens with one attached hydrogen (secondary N) is 1. The van der Waals surface area contributed by atoms with E-state index in [1.165, 1.54) is 0 Å². The predicted octanol–water partition coefficient (Wildman–Crippen LogP) is 8.32. The molecule has 0 saturated heterocycles. The third-order valence-electron chi connectivity index (χ3n) is 5.69. The van der Waals surface area contributed by atoms with Crippen molar-refractivity contribution in [3.8, 4) is 0 Å². The summed E-state index contributed by atoms with van der Waals surface area (Å²) in [6.07, 6.45) is -14.3. The molecule has 208 valence electrons. The van der Waals surface area contributed by atoms with Crippen molar-refractivity contribution >= 4 is 52.2 Å².